The molecule has 2 aromatic rings. The van der Waals surface area contributed by atoms with E-state index in [4.69, 9.17) is 27.9 Å². The third-order valence-electron chi connectivity index (χ3n) is 6.72. The van der Waals surface area contributed by atoms with Crippen molar-refractivity contribution in [1.82, 2.24) is 13.9 Å². The van der Waals surface area contributed by atoms with Crippen LogP contribution < -0.4 is 9.46 Å². The van der Waals surface area contributed by atoms with Gasteiger partial charge in [-0.2, -0.15) is 12.7 Å². The number of benzene rings is 2. The lowest BCUT2D eigenvalue weighted by atomic mass is 9.85. The lowest BCUT2D eigenvalue weighted by Crippen LogP contribution is -2.72. The van der Waals surface area contributed by atoms with Crippen LogP contribution in [0.5, 0.6) is 5.75 Å². The number of amides is 1. The average molecular weight is 591 g/mol. The third kappa shape index (κ3) is 6.58. The highest BCUT2D eigenvalue weighted by Gasteiger charge is 2.54. The van der Waals surface area contributed by atoms with Gasteiger partial charge in [0.05, 0.1) is 14.9 Å². The predicted molar refractivity (Wildman–Crippen MR) is 142 cm³/mol. The van der Waals surface area contributed by atoms with E-state index in [1.165, 1.54) is 22.5 Å². The molecule has 2 aromatic carbocycles. The molecule has 0 unspecified atom stereocenters. The molecule has 13 heteroatoms. The first kappa shape index (κ1) is 28.1. The van der Waals surface area contributed by atoms with Crippen molar-refractivity contribution in [3.63, 3.8) is 0 Å². The number of piperidine rings is 2. The molecule has 0 spiro atoms. The quantitative estimate of drug-likeness (QED) is 0.546. The van der Waals surface area contributed by atoms with Crippen LogP contribution in [0.1, 0.15) is 42.5 Å². The van der Waals surface area contributed by atoms with Crippen LogP contribution in [0, 0.1) is 0 Å². The maximum absolute atomic E-state index is 12.1. The molecule has 3 fully saturated rings. The summed E-state index contributed by atoms with van der Waals surface area (Å²) in [6.07, 6.45) is 5.75. The second kappa shape index (κ2) is 11.1. The summed E-state index contributed by atoms with van der Waals surface area (Å²) in [6.45, 7) is 3.07. The summed E-state index contributed by atoms with van der Waals surface area (Å²) in [6, 6.07) is 10.7. The number of hydrogen-bond acceptors (Lipinski definition) is 7. The first-order chi connectivity index (χ1) is 17.4. The van der Waals surface area contributed by atoms with E-state index in [2.05, 4.69) is 4.90 Å². The van der Waals surface area contributed by atoms with Crippen molar-refractivity contribution in [3.8, 4) is 5.75 Å². The fourth-order valence-corrected chi connectivity index (χ4v) is 6.59. The SMILES string of the molecule is CS(=O)(=O)c1cccc(C(=O)NS(=O)(=O)N2CCCCC2)c1.Clc1ccc(OC23CCN2CC3)cc1Cl. The van der Waals surface area contributed by atoms with Gasteiger partial charge in [0.1, 0.15) is 5.75 Å². The van der Waals surface area contributed by atoms with Crippen molar-refractivity contribution in [3.05, 3.63) is 58.1 Å². The monoisotopic (exact) mass is 589 g/mol. The summed E-state index contributed by atoms with van der Waals surface area (Å²) in [7, 11) is -7.36. The maximum Gasteiger partial charge on any atom is 0.304 e. The molecule has 0 atom stereocenters. The number of sulfone groups is 1. The van der Waals surface area contributed by atoms with E-state index >= 15 is 0 Å². The van der Waals surface area contributed by atoms with Crippen LogP contribution in [0.15, 0.2) is 47.4 Å². The molecule has 37 heavy (non-hydrogen) atoms. The Morgan fingerprint density at radius 3 is 2.14 bits per heavy atom. The van der Waals surface area contributed by atoms with Crippen LogP contribution in [0.25, 0.3) is 0 Å². The van der Waals surface area contributed by atoms with Gasteiger partial charge in [0, 0.05) is 56.9 Å². The zero-order chi connectivity index (χ0) is 26.8. The van der Waals surface area contributed by atoms with E-state index in [9.17, 15) is 21.6 Å². The van der Waals surface area contributed by atoms with Crippen LogP contribution >= 0.6 is 23.2 Å². The highest BCUT2D eigenvalue weighted by molar-refractivity contribution is 7.90. The molecule has 5 rings (SSSR count). The molecule has 202 valence electrons. The van der Waals surface area contributed by atoms with Crippen molar-refractivity contribution in [2.75, 3.05) is 32.4 Å². The first-order valence-corrected chi connectivity index (χ1v) is 16.0. The summed E-state index contributed by atoms with van der Waals surface area (Å²) in [5, 5.41) is 1.12. The van der Waals surface area contributed by atoms with Gasteiger partial charge in [-0.25, -0.2) is 13.1 Å². The first-order valence-electron chi connectivity index (χ1n) is 11.9. The fraction of sp³-hybridized carbons (Fsp3) is 0.458. The molecule has 3 heterocycles. The standard InChI is InChI=1S/C13H18N2O5S2.C11H11Cl2NO/c1-21(17,18)12-7-5-6-11(10-12)13(16)14-22(19,20)15-8-3-2-4-9-15;12-9-2-1-8(7-10(9)13)15-11-3-5-14(11)6-4-11/h5-7,10H,2-4,8-9H2,1H3,(H,14,16);1-2,7H,3-6H2. The van der Waals surface area contributed by atoms with Gasteiger partial charge in [0.2, 0.25) is 0 Å². The predicted octanol–water partition coefficient (Wildman–Crippen LogP) is 3.73. The summed E-state index contributed by atoms with van der Waals surface area (Å²) < 4.78 is 56.4. The molecule has 0 aromatic heterocycles. The minimum absolute atomic E-state index is 0.0106. The van der Waals surface area contributed by atoms with Crippen LogP contribution in [0.3, 0.4) is 0 Å². The maximum atomic E-state index is 12.1. The topological polar surface area (TPSA) is 113 Å². The summed E-state index contributed by atoms with van der Waals surface area (Å²) in [4.78, 5) is 14.4. The van der Waals surface area contributed by atoms with Gasteiger partial charge in [-0.05, 0) is 43.2 Å². The number of nitrogens with one attached hydrogen (secondary N) is 1. The van der Waals surface area contributed by atoms with Gasteiger partial charge < -0.3 is 4.74 Å². The van der Waals surface area contributed by atoms with Crippen molar-refractivity contribution >= 4 is 49.2 Å². The van der Waals surface area contributed by atoms with Gasteiger partial charge in [0.15, 0.2) is 15.6 Å². The Kier molecular flexibility index (Phi) is 8.42. The lowest BCUT2D eigenvalue weighted by Gasteiger charge is -2.60. The Morgan fingerprint density at radius 2 is 1.59 bits per heavy atom. The van der Waals surface area contributed by atoms with Gasteiger partial charge in [0.25, 0.3) is 5.91 Å². The largest absolute Gasteiger partial charge is 0.472 e. The van der Waals surface area contributed by atoms with Gasteiger partial charge >= 0.3 is 10.2 Å². The van der Waals surface area contributed by atoms with E-state index in [1.54, 1.807) is 12.1 Å². The molecule has 1 amide bonds. The van der Waals surface area contributed by atoms with Crippen molar-refractivity contribution in [2.24, 2.45) is 0 Å². The smallest absolute Gasteiger partial charge is 0.304 e. The summed E-state index contributed by atoms with van der Waals surface area (Å²) in [5.41, 5.74) is -0.0273. The van der Waals surface area contributed by atoms with Crippen molar-refractivity contribution < 1.29 is 26.4 Å². The van der Waals surface area contributed by atoms with E-state index in [0.717, 1.165) is 63.3 Å². The van der Waals surface area contributed by atoms with Crippen molar-refractivity contribution in [1.29, 1.82) is 0 Å². The number of fused-ring (bicyclic) bond motifs is 1. The molecule has 0 radical (unpaired) electrons. The highest BCUT2D eigenvalue weighted by Crippen LogP contribution is 2.44. The van der Waals surface area contributed by atoms with Crippen LogP contribution in [0.2, 0.25) is 10.0 Å². The van der Waals surface area contributed by atoms with Crippen LogP contribution in [0.4, 0.5) is 0 Å². The molecule has 3 aliphatic heterocycles. The Labute approximate surface area is 227 Å². The molecule has 3 aliphatic rings. The van der Waals surface area contributed by atoms with Gasteiger partial charge in [-0.15, -0.1) is 0 Å². The van der Waals surface area contributed by atoms with Crippen LogP contribution in [-0.2, 0) is 20.0 Å². The number of hydrogen-bond donors (Lipinski definition) is 1. The van der Waals surface area contributed by atoms with E-state index in [-0.39, 0.29) is 16.2 Å². The Hall–Kier alpha value is -1.89. The minimum Gasteiger partial charge on any atom is -0.472 e. The number of carbonyl (C=O) groups excluding carboxylic acids is 1. The van der Waals surface area contributed by atoms with Gasteiger partial charge in [-0.3, -0.25) is 9.69 Å². The third-order valence-corrected chi connectivity index (χ3v) is 10.1. The molecular formula is C24H29Cl2N3O6S2. The molecule has 3 saturated heterocycles. The molecule has 9 nitrogen and oxygen atoms in total. The second-order valence-corrected chi connectivity index (χ2v) is 13.8. The summed E-state index contributed by atoms with van der Waals surface area (Å²) in [5.74, 6) is -0.0233. The molecule has 1 N–H and O–H groups in total. The number of carbonyl (C=O) groups is 1. The Bertz CT molecular complexity index is 1370. The second-order valence-electron chi connectivity index (χ2n) is 9.31. The summed E-state index contributed by atoms with van der Waals surface area (Å²) >= 11 is 11.8. The van der Waals surface area contributed by atoms with E-state index in [1.807, 2.05) is 10.8 Å². The number of rotatable bonds is 6. The molecule has 0 bridgehead atoms. The normalized spacial score (nSPS) is 19.3. The zero-order valence-corrected chi connectivity index (χ0v) is 23.5. The molecule has 0 aliphatic carbocycles. The number of halogens is 2. The van der Waals surface area contributed by atoms with E-state index in [0.29, 0.717) is 23.1 Å². The Balaban J connectivity index is 0.000000184. The van der Waals surface area contributed by atoms with Crippen molar-refractivity contribution in [2.45, 2.75) is 42.7 Å². The van der Waals surface area contributed by atoms with Crippen LogP contribution in [-0.4, -0.2) is 70.1 Å². The zero-order valence-electron chi connectivity index (χ0n) is 20.3. The van der Waals surface area contributed by atoms with Gasteiger partial charge in [-0.1, -0.05) is 35.7 Å². The average Bonchev–Trinajstić information content (AvgIpc) is 2.85. The number of nitrogens with zero attached hydrogens (tertiary/aromatic N) is 2. The molecule has 0 saturated carbocycles. The fourth-order valence-electron chi connectivity index (χ4n) is 4.42. The number of ether oxygens (including phenoxy) is 1. The minimum atomic E-state index is -3.89. The highest BCUT2D eigenvalue weighted by atomic mass is 35.5. The van der Waals surface area contributed by atoms with E-state index < -0.39 is 26.0 Å². The lowest BCUT2D eigenvalue weighted by molar-refractivity contribution is -0.230. The Morgan fingerprint density at radius 1 is 0.919 bits per heavy atom. The molecular weight excluding hydrogens is 561 g/mol.